The lowest BCUT2D eigenvalue weighted by molar-refractivity contribution is -0.130. The van der Waals surface area contributed by atoms with Crippen LogP contribution in [-0.2, 0) is 16.1 Å². The molecule has 0 aliphatic carbocycles. The van der Waals surface area contributed by atoms with Gasteiger partial charge in [-0.2, -0.15) is 5.10 Å². The lowest BCUT2D eigenvalue weighted by atomic mass is 10.2. The Morgan fingerprint density at radius 3 is 2.86 bits per heavy atom. The van der Waals surface area contributed by atoms with Gasteiger partial charge < -0.3 is 10.2 Å². The van der Waals surface area contributed by atoms with Crippen molar-refractivity contribution in [3.05, 3.63) is 48.3 Å². The first kappa shape index (κ1) is 21.0. The second-order valence-corrected chi connectivity index (χ2v) is 7.70. The highest BCUT2D eigenvalue weighted by atomic mass is 16.2. The summed E-state index contributed by atoms with van der Waals surface area (Å²) in [5, 5.41) is 7.35. The number of para-hydroxylation sites is 1. The number of nitrogens with one attached hydrogen (secondary N) is 1. The summed E-state index contributed by atoms with van der Waals surface area (Å²) in [5.74, 6) is 0.259. The van der Waals surface area contributed by atoms with E-state index in [0.717, 1.165) is 50.0 Å². The van der Waals surface area contributed by atoms with E-state index in [0.29, 0.717) is 26.1 Å². The Hall–Kier alpha value is -2.67. The maximum Gasteiger partial charge on any atom is 0.234 e. The molecule has 0 saturated carbocycles. The molecule has 3 rings (SSSR count). The molecule has 1 aromatic carbocycles. The van der Waals surface area contributed by atoms with Crippen LogP contribution in [0.15, 0.2) is 42.7 Å². The van der Waals surface area contributed by atoms with Gasteiger partial charge in [0.2, 0.25) is 11.8 Å². The fourth-order valence-electron chi connectivity index (χ4n) is 3.61. The van der Waals surface area contributed by atoms with Gasteiger partial charge in [0, 0.05) is 44.4 Å². The number of likely N-dealkylation sites (tertiary alicyclic amines) is 1. The van der Waals surface area contributed by atoms with Crippen molar-refractivity contribution in [2.24, 2.45) is 0 Å². The molecular formula is C22H31N5O2. The predicted octanol–water partition coefficient (Wildman–Crippen LogP) is 2.21. The molecule has 0 atom stereocenters. The molecule has 7 heteroatoms. The Kier molecular flexibility index (Phi) is 7.81. The topological polar surface area (TPSA) is 70.5 Å². The highest BCUT2D eigenvalue weighted by Crippen LogP contribution is 2.11. The number of likely N-dealkylation sites (N-methyl/N-ethyl adjacent to an activating group) is 1. The Balaban J connectivity index is 1.35. The maximum absolute atomic E-state index is 12.2. The van der Waals surface area contributed by atoms with E-state index < -0.39 is 0 Å². The van der Waals surface area contributed by atoms with Crippen molar-refractivity contribution < 1.29 is 9.59 Å². The summed E-state index contributed by atoms with van der Waals surface area (Å²) in [6.45, 7) is 3.17. The Bertz CT molecular complexity index is 790. The van der Waals surface area contributed by atoms with Crippen molar-refractivity contribution in [2.75, 3.05) is 33.2 Å². The molecule has 0 radical (unpaired) electrons. The van der Waals surface area contributed by atoms with Gasteiger partial charge >= 0.3 is 0 Å². The fourth-order valence-corrected chi connectivity index (χ4v) is 3.61. The SMILES string of the molecule is CN(CC(=O)NCCCN1CCCCCC1=O)Cc1cnn(-c2ccccc2)c1. The quantitative estimate of drug-likeness (QED) is 0.659. The van der Waals surface area contributed by atoms with Crippen LogP contribution in [0.3, 0.4) is 0 Å². The monoisotopic (exact) mass is 397 g/mol. The summed E-state index contributed by atoms with van der Waals surface area (Å²) in [4.78, 5) is 28.1. The van der Waals surface area contributed by atoms with Crippen LogP contribution < -0.4 is 5.32 Å². The Morgan fingerprint density at radius 2 is 2.03 bits per heavy atom. The molecule has 1 saturated heterocycles. The molecule has 2 heterocycles. The lowest BCUT2D eigenvalue weighted by Crippen LogP contribution is -2.37. The molecule has 1 fully saturated rings. The number of benzene rings is 1. The first-order valence-corrected chi connectivity index (χ1v) is 10.4. The minimum atomic E-state index is 0.00476. The molecule has 1 aromatic heterocycles. The predicted molar refractivity (Wildman–Crippen MR) is 113 cm³/mol. The van der Waals surface area contributed by atoms with Crippen LogP contribution in [-0.4, -0.2) is 64.6 Å². The highest BCUT2D eigenvalue weighted by Gasteiger charge is 2.16. The number of carbonyl (C=O) groups excluding carboxylic acids is 2. The standard InChI is InChI=1S/C22H31N5O2/c1-25(16-19-15-24-27(17-19)20-9-4-2-5-10-20)18-21(28)23-12-8-14-26-13-7-3-6-11-22(26)29/h2,4-5,9-10,15,17H,3,6-8,11-14,16,18H2,1H3,(H,23,28). The lowest BCUT2D eigenvalue weighted by Gasteiger charge is -2.20. The van der Waals surface area contributed by atoms with E-state index in [-0.39, 0.29) is 11.8 Å². The van der Waals surface area contributed by atoms with Crippen molar-refractivity contribution in [3.8, 4) is 5.69 Å². The highest BCUT2D eigenvalue weighted by molar-refractivity contribution is 5.78. The van der Waals surface area contributed by atoms with Gasteiger partial charge in [0.25, 0.3) is 0 Å². The minimum Gasteiger partial charge on any atom is -0.355 e. The summed E-state index contributed by atoms with van der Waals surface area (Å²) in [6, 6.07) is 9.96. The molecule has 1 N–H and O–H groups in total. The van der Waals surface area contributed by atoms with Crippen LogP contribution in [0.5, 0.6) is 0 Å². The summed E-state index contributed by atoms with van der Waals surface area (Å²) < 4.78 is 1.84. The molecule has 0 spiro atoms. The average molecular weight is 398 g/mol. The third-order valence-electron chi connectivity index (χ3n) is 5.12. The first-order valence-electron chi connectivity index (χ1n) is 10.4. The van der Waals surface area contributed by atoms with Crippen LogP contribution in [0.4, 0.5) is 0 Å². The van der Waals surface area contributed by atoms with Gasteiger partial charge in [0.1, 0.15) is 0 Å². The molecule has 2 aromatic rings. The number of nitrogens with zero attached hydrogens (tertiary/aromatic N) is 4. The molecule has 1 aliphatic rings. The smallest absolute Gasteiger partial charge is 0.234 e. The zero-order valence-corrected chi connectivity index (χ0v) is 17.2. The molecule has 29 heavy (non-hydrogen) atoms. The van der Waals surface area contributed by atoms with Gasteiger partial charge in [0.05, 0.1) is 18.4 Å². The molecule has 156 valence electrons. The normalized spacial score (nSPS) is 14.8. The average Bonchev–Trinajstić information content (AvgIpc) is 3.08. The number of amides is 2. The Labute approximate surface area is 172 Å². The van der Waals surface area contributed by atoms with E-state index in [1.807, 2.05) is 64.3 Å². The van der Waals surface area contributed by atoms with E-state index in [1.54, 1.807) is 0 Å². The van der Waals surface area contributed by atoms with Gasteiger partial charge in [-0.15, -0.1) is 0 Å². The number of hydrogen-bond acceptors (Lipinski definition) is 4. The van der Waals surface area contributed by atoms with Crippen LogP contribution in [0, 0.1) is 0 Å². The van der Waals surface area contributed by atoms with Crippen molar-refractivity contribution in [1.29, 1.82) is 0 Å². The van der Waals surface area contributed by atoms with E-state index in [1.165, 1.54) is 0 Å². The zero-order valence-electron chi connectivity index (χ0n) is 17.2. The van der Waals surface area contributed by atoms with Crippen molar-refractivity contribution in [1.82, 2.24) is 24.9 Å². The summed E-state index contributed by atoms with van der Waals surface area (Å²) >= 11 is 0. The van der Waals surface area contributed by atoms with Gasteiger partial charge in [-0.3, -0.25) is 14.5 Å². The first-order chi connectivity index (χ1) is 14.1. The van der Waals surface area contributed by atoms with E-state index >= 15 is 0 Å². The maximum atomic E-state index is 12.2. The summed E-state index contributed by atoms with van der Waals surface area (Å²) in [7, 11) is 1.93. The molecule has 1 aliphatic heterocycles. The third-order valence-corrected chi connectivity index (χ3v) is 5.12. The van der Waals surface area contributed by atoms with Gasteiger partial charge in [0.15, 0.2) is 0 Å². The molecule has 2 amide bonds. The van der Waals surface area contributed by atoms with E-state index in [9.17, 15) is 9.59 Å². The third kappa shape index (κ3) is 6.71. The van der Waals surface area contributed by atoms with Crippen LogP contribution >= 0.6 is 0 Å². The van der Waals surface area contributed by atoms with Crippen LogP contribution in [0.2, 0.25) is 0 Å². The fraction of sp³-hybridized carbons (Fsp3) is 0.500. The summed E-state index contributed by atoms with van der Waals surface area (Å²) in [5.41, 5.74) is 2.07. The van der Waals surface area contributed by atoms with Crippen molar-refractivity contribution >= 4 is 11.8 Å². The van der Waals surface area contributed by atoms with Crippen LogP contribution in [0.1, 0.15) is 37.7 Å². The second kappa shape index (κ2) is 10.8. The molecular weight excluding hydrogens is 366 g/mol. The number of carbonyl (C=O) groups is 2. The van der Waals surface area contributed by atoms with E-state index in [4.69, 9.17) is 0 Å². The second-order valence-electron chi connectivity index (χ2n) is 7.70. The summed E-state index contributed by atoms with van der Waals surface area (Å²) in [6.07, 6.45) is 8.51. The van der Waals surface area contributed by atoms with Crippen LogP contribution in [0.25, 0.3) is 5.69 Å². The molecule has 0 bridgehead atoms. The van der Waals surface area contributed by atoms with Crippen molar-refractivity contribution in [3.63, 3.8) is 0 Å². The molecule has 0 unspecified atom stereocenters. The number of hydrogen-bond donors (Lipinski definition) is 1. The van der Waals surface area contributed by atoms with Gasteiger partial charge in [-0.05, 0) is 38.4 Å². The zero-order chi connectivity index (χ0) is 20.5. The van der Waals surface area contributed by atoms with Gasteiger partial charge in [-0.1, -0.05) is 24.6 Å². The molecule has 7 nitrogen and oxygen atoms in total. The minimum absolute atomic E-state index is 0.00476. The largest absolute Gasteiger partial charge is 0.355 e. The number of aromatic nitrogens is 2. The Morgan fingerprint density at radius 1 is 1.21 bits per heavy atom. The van der Waals surface area contributed by atoms with Crippen molar-refractivity contribution in [2.45, 2.75) is 38.6 Å². The van der Waals surface area contributed by atoms with E-state index in [2.05, 4.69) is 10.4 Å². The number of rotatable bonds is 9. The van der Waals surface area contributed by atoms with Gasteiger partial charge in [-0.25, -0.2) is 4.68 Å².